The van der Waals surface area contributed by atoms with Crippen LogP contribution < -0.4 is 0 Å². The first-order valence-electron chi connectivity index (χ1n) is 13.1. The van der Waals surface area contributed by atoms with Crippen LogP contribution >= 0.6 is 0 Å². The molecule has 2 aromatic rings. The van der Waals surface area contributed by atoms with Gasteiger partial charge in [-0.25, -0.2) is 17.6 Å². The van der Waals surface area contributed by atoms with Crippen LogP contribution in [0.2, 0.25) is 0 Å². The minimum absolute atomic E-state index is 0.0281. The molecule has 214 valence electrons. The lowest BCUT2D eigenvalue weighted by Crippen LogP contribution is -2.38. The van der Waals surface area contributed by atoms with Gasteiger partial charge < -0.3 is 19.7 Å². The number of hydrogen-bond acceptors (Lipinski definition) is 4. The first-order valence-corrected chi connectivity index (χ1v) is 13.1. The number of benzene rings is 2. The molecule has 2 fully saturated rings. The third-order valence-corrected chi connectivity index (χ3v) is 6.83. The summed E-state index contributed by atoms with van der Waals surface area (Å²) >= 11 is 0. The topological polar surface area (TPSA) is 77.9 Å². The monoisotopic (exact) mass is 560 g/mol. The first-order chi connectivity index (χ1) is 19.2. The smallest absolute Gasteiger partial charge is 0.246 e. The molecule has 2 aliphatic rings. The Bertz CT molecular complexity index is 1190. The van der Waals surface area contributed by atoms with Crippen molar-refractivity contribution in [3.63, 3.8) is 0 Å². The Morgan fingerprint density at radius 2 is 1.07 bits per heavy atom. The van der Waals surface area contributed by atoms with Crippen molar-refractivity contribution < 1.29 is 37.1 Å². The Hall–Kier alpha value is -3.79. The third kappa shape index (κ3) is 9.75. The van der Waals surface area contributed by atoms with Gasteiger partial charge in [0.2, 0.25) is 11.8 Å². The minimum Gasteiger partial charge on any atom is -0.396 e. The number of likely N-dealkylation sites (tertiary alicyclic amines) is 2. The van der Waals surface area contributed by atoms with E-state index in [1.165, 1.54) is 36.4 Å². The van der Waals surface area contributed by atoms with Crippen molar-refractivity contribution in [2.24, 2.45) is 11.8 Å². The van der Waals surface area contributed by atoms with E-state index < -0.39 is 23.3 Å². The maximum absolute atomic E-state index is 13.0. The molecule has 10 heteroatoms. The maximum Gasteiger partial charge on any atom is 0.246 e. The highest BCUT2D eigenvalue weighted by Crippen LogP contribution is 2.18. The van der Waals surface area contributed by atoms with Crippen molar-refractivity contribution in [1.29, 1.82) is 0 Å². The van der Waals surface area contributed by atoms with Crippen LogP contribution in [0.25, 0.3) is 12.2 Å². The highest BCUT2D eigenvalue weighted by atomic mass is 19.1. The molecular weight excluding hydrogens is 528 g/mol. The zero-order valence-electron chi connectivity index (χ0n) is 21.9. The van der Waals surface area contributed by atoms with Crippen molar-refractivity contribution in [2.45, 2.75) is 25.7 Å². The van der Waals surface area contributed by atoms with E-state index in [4.69, 9.17) is 5.11 Å². The van der Waals surface area contributed by atoms with Gasteiger partial charge >= 0.3 is 0 Å². The fourth-order valence-electron chi connectivity index (χ4n) is 4.48. The van der Waals surface area contributed by atoms with E-state index in [2.05, 4.69) is 0 Å². The van der Waals surface area contributed by atoms with Crippen molar-refractivity contribution in [3.05, 3.63) is 82.9 Å². The molecule has 2 aliphatic heterocycles. The van der Waals surface area contributed by atoms with Crippen molar-refractivity contribution >= 4 is 30.3 Å². The number of halogens is 4. The van der Waals surface area contributed by atoms with Gasteiger partial charge in [-0.2, -0.15) is 0 Å². The number of aliphatic hydroxyl groups is 1. The van der Waals surface area contributed by atoms with Crippen molar-refractivity contribution in [2.75, 3.05) is 32.8 Å². The Morgan fingerprint density at radius 3 is 1.43 bits per heavy atom. The summed E-state index contributed by atoms with van der Waals surface area (Å²) in [5, 5.41) is 9.03. The molecule has 0 radical (unpaired) electrons. The second kappa shape index (κ2) is 15.1. The van der Waals surface area contributed by atoms with Crippen LogP contribution in [0.4, 0.5) is 17.6 Å². The molecule has 0 aromatic heterocycles. The third-order valence-electron chi connectivity index (χ3n) is 6.83. The average Bonchev–Trinajstić information content (AvgIpc) is 2.94. The molecule has 40 heavy (non-hydrogen) atoms. The van der Waals surface area contributed by atoms with Gasteiger partial charge in [-0.3, -0.25) is 9.59 Å². The highest BCUT2D eigenvalue weighted by molar-refractivity contribution is 5.92. The molecule has 0 aliphatic carbocycles. The maximum atomic E-state index is 13.0. The van der Waals surface area contributed by atoms with Gasteiger partial charge in [-0.1, -0.05) is 0 Å². The Kier molecular flexibility index (Phi) is 11.6. The highest BCUT2D eigenvalue weighted by Gasteiger charge is 2.21. The van der Waals surface area contributed by atoms with Crippen molar-refractivity contribution in [3.8, 4) is 0 Å². The molecule has 0 saturated carbocycles. The predicted molar refractivity (Wildman–Crippen MR) is 143 cm³/mol. The number of aldehydes is 1. The van der Waals surface area contributed by atoms with Gasteiger partial charge in [0.15, 0.2) is 0 Å². The van der Waals surface area contributed by atoms with Crippen LogP contribution in [0.15, 0.2) is 48.6 Å². The quantitative estimate of drug-likeness (QED) is 0.318. The molecular formula is C30H32F4N2O4. The van der Waals surface area contributed by atoms with E-state index in [-0.39, 0.29) is 30.3 Å². The molecule has 1 N–H and O–H groups in total. The predicted octanol–water partition coefficient (Wildman–Crippen LogP) is 4.62. The fraction of sp³-hybridized carbons (Fsp3) is 0.367. The SMILES string of the molecule is O=C(/C=C/c1cc(F)cc(F)c1)N1CCC(CO)CC1.O=CC1CCN(C(=O)/C=C/c2cc(F)cc(F)c2)CC1. The molecule has 4 rings (SSSR count). The average molecular weight is 561 g/mol. The normalized spacial score (nSPS) is 16.7. The number of carbonyl (C=O) groups excluding carboxylic acids is 3. The van der Waals surface area contributed by atoms with Crippen LogP contribution in [-0.2, 0) is 14.4 Å². The van der Waals surface area contributed by atoms with E-state index >= 15 is 0 Å². The van der Waals surface area contributed by atoms with Crippen LogP contribution in [0.5, 0.6) is 0 Å². The number of aliphatic hydroxyl groups excluding tert-OH is 1. The van der Waals surface area contributed by atoms with Crippen LogP contribution in [0, 0.1) is 35.1 Å². The lowest BCUT2D eigenvalue weighted by atomic mass is 9.98. The van der Waals surface area contributed by atoms with E-state index in [1.54, 1.807) is 9.80 Å². The summed E-state index contributed by atoms with van der Waals surface area (Å²) < 4.78 is 52.0. The Labute approximate surface area is 230 Å². The zero-order valence-corrected chi connectivity index (χ0v) is 21.9. The number of amides is 2. The largest absolute Gasteiger partial charge is 0.396 e. The summed E-state index contributed by atoms with van der Waals surface area (Å²) in [7, 11) is 0. The van der Waals surface area contributed by atoms with Gasteiger partial charge in [-0.15, -0.1) is 0 Å². The standard InChI is InChI=1S/C15H17F2NO2.C15H15F2NO2/c2*16-13-7-12(8-14(17)9-13)1-2-15(20)18-5-3-11(10-19)4-6-18/h1-2,7-9,11,19H,3-6,10H2;1-2,7-11H,3-6H2/b2*2-1+. The number of carbonyl (C=O) groups is 3. The van der Waals surface area contributed by atoms with Crippen LogP contribution in [0.3, 0.4) is 0 Å². The van der Waals surface area contributed by atoms with E-state index in [0.29, 0.717) is 50.1 Å². The number of piperidine rings is 2. The zero-order chi connectivity index (χ0) is 29.1. The summed E-state index contributed by atoms with van der Waals surface area (Å²) in [6.45, 7) is 2.42. The molecule has 2 saturated heterocycles. The summed E-state index contributed by atoms with van der Waals surface area (Å²) in [6, 6.07) is 6.23. The number of hydrogen-bond donors (Lipinski definition) is 1. The molecule has 6 nitrogen and oxygen atoms in total. The Balaban J connectivity index is 0.000000220. The number of rotatable bonds is 6. The Morgan fingerprint density at radius 1 is 0.700 bits per heavy atom. The molecule has 0 bridgehead atoms. The molecule has 2 amide bonds. The van der Waals surface area contributed by atoms with Gasteiger partial charge in [0.1, 0.15) is 29.6 Å². The first kappa shape index (κ1) is 30.7. The minimum atomic E-state index is -0.677. The van der Waals surface area contributed by atoms with Gasteiger partial charge in [-0.05, 0) is 79.1 Å². The van der Waals surface area contributed by atoms with E-state index in [1.807, 2.05) is 0 Å². The second-order valence-corrected chi connectivity index (χ2v) is 9.82. The van der Waals surface area contributed by atoms with Gasteiger partial charge in [0.05, 0.1) is 0 Å². The molecule has 0 atom stereocenters. The van der Waals surface area contributed by atoms with Crippen molar-refractivity contribution in [1.82, 2.24) is 9.80 Å². The molecule has 2 heterocycles. The lowest BCUT2D eigenvalue weighted by molar-refractivity contribution is -0.128. The van der Waals surface area contributed by atoms with Gasteiger partial charge in [0, 0.05) is 63.0 Å². The summed E-state index contributed by atoms with van der Waals surface area (Å²) in [5.74, 6) is -2.78. The van der Waals surface area contributed by atoms with E-state index in [0.717, 1.165) is 43.4 Å². The second-order valence-electron chi connectivity index (χ2n) is 9.82. The van der Waals surface area contributed by atoms with Gasteiger partial charge in [0.25, 0.3) is 0 Å². The fourth-order valence-corrected chi connectivity index (χ4v) is 4.48. The lowest BCUT2D eigenvalue weighted by Gasteiger charge is -2.30. The summed E-state index contributed by atoms with van der Waals surface area (Å²) in [5.41, 5.74) is 0.625. The van der Waals surface area contributed by atoms with Crippen LogP contribution in [0.1, 0.15) is 36.8 Å². The molecule has 0 unspecified atom stereocenters. The molecule has 0 spiro atoms. The summed E-state index contributed by atoms with van der Waals surface area (Å²) in [4.78, 5) is 37.8. The van der Waals surface area contributed by atoms with Crippen LogP contribution in [-0.4, -0.2) is 65.8 Å². The number of nitrogens with zero attached hydrogens (tertiary/aromatic N) is 2. The van der Waals surface area contributed by atoms with E-state index in [9.17, 15) is 31.9 Å². The summed E-state index contributed by atoms with van der Waals surface area (Å²) in [6.07, 6.45) is 9.24. The molecule has 2 aromatic carbocycles.